The molecule has 0 saturated heterocycles. The van der Waals surface area contributed by atoms with E-state index in [0.29, 0.717) is 12.1 Å². The Morgan fingerprint density at radius 1 is 0.900 bits per heavy atom. The highest BCUT2D eigenvalue weighted by Crippen LogP contribution is 2.15. The lowest BCUT2D eigenvalue weighted by molar-refractivity contribution is 0.598. The van der Waals surface area contributed by atoms with Gasteiger partial charge in [-0.25, -0.2) is 8.42 Å². The molecule has 0 bridgehead atoms. The molecule has 20 heavy (non-hydrogen) atoms. The highest BCUT2D eigenvalue weighted by atomic mass is 32.2. The first kappa shape index (κ1) is 16.8. The van der Waals surface area contributed by atoms with Gasteiger partial charge < -0.3 is 5.32 Å². The summed E-state index contributed by atoms with van der Waals surface area (Å²) < 4.78 is 26.1. The van der Waals surface area contributed by atoms with Crippen LogP contribution in [0, 0.1) is 0 Å². The molecule has 1 aromatic rings. The first-order valence-corrected chi connectivity index (χ1v) is 9.07. The quantitative estimate of drug-likeness (QED) is 0.645. The number of nitrogens with one attached hydrogen (secondary N) is 2. The molecule has 0 saturated carbocycles. The fourth-order valence-corrected chi connectivity index (χ4v) is 3.09. The lowest BCUT2D eigenvalue weighted by Gasteiger charge is -2.09. The minimum absolute atomic E-state index is 0.181. The summed E-state index contributed by atoms with van der Waals surface area (Å²) in [4.78, 5) is 0. The van der Waals surface area contributed by atoms with Crippen LogP contribution >= 0.6 is 0 Å². The predicted molar refractivity (Wildman–Crippen MR) is 86.8 cm³/mol. The Morgan fingerprint density at radius 2 is 1.50 bits per heavy atom. The zero-order valence-corrected chi connectivity index (χ0v) is 13.3. The van der Waals surface area contributed by atoms with Gasteiger partial charge >= 0.3 is 0 Å². The SMILES string of the molecule is CCCCCNc1ccc(NS(=O)(=O)CCCC)cc1. The van der Waals surface area contributed by atoms with Gasteiger partial charge in [-0.1, -0.05) is 33.1 Å². The van der Waals surface area contributed by atoms with Crippen LogP contribution in [0.3, 0.4) is 0 Å². The maximum atomic E-state index is 11.8. The topological polar surface area (TPSA) is 58.2 Å². The minimum Gasteiger partial charge on any atom is -0.385 e. The Labute approximate surface area is 123 Å². The van der Waals surface area contributed by atoms with Gasteiger partial charge in [-0.05, 0) is 37.1 Å². The number of sulfonamides is 1. The zero-order valence-electron chi connectivity index (χ0n) is 12.5. The molecule has 1 aromatic carbocycles. The summed E-state index contributed by atoms with van der Waals surface area (Å²) in [5, 5.41) is 3.33. The molecule has 0 heterocycles. The highest BCUT2D eigenvalue weighted by Gasteiger charge is 2.09. The average molecular weight is 298 g/mol. The van der Waals surface area contributed by atoms with Crippen molar-refractivity contribution >= 4 is 21.4 Å². The normalized spacial score (nSPS) is 11.3. The fourth-order valence-electron chi connectivity index (χ4n) is 1.83. The Morgan fingerprint density at radius 3 is 2.10 bits per heavy atom. The summed E-state index contributed by atoms with van der Waals surface area (Å²) in [6.45, 7) is 5.11. The monoisotopic (exact) mass is 298 g/mol. The molecule has 0 amide bonds. The van der Waals surface area contributed by atoms with E-state index in [1.165, 1.54) is 12.8 Å². The van der Waals surface area contributed by atoms with Gasteiger partial charge in [0, 0.05) is 17.9 Å². The number of rotatable bonds is 10. The van der Waals surface area contributed by atoms with Crippen LogP contribution in [0.15, 0.2) is 24.3 Å². The second-order valence-corrected chi connectivity index (χ2v) is 6.83. The van der Waals surface area contributed by atoms with E-state index in [9.17, 15) is 8.42 Å². The van der Waals surface area contributed by atoms with E-state index in [0.717, 1.165) is 25.1 Å². The van der Waals surface area contributed by atoms with Gasteiger partial charge in [0.1, 0.15) is 0 Å². The number of anilines is 2. The molecule has 114 valence electrons. The molecule has 1 rings (SSSR count). The van der Waals surface area contributed by atoms with Gasteiger partial charge in [-0.3, -0.25) is 4.72 Å². The molecule has 0 unspecified atom stereocenters. The molecular formula is C15H26N2O2S. The van der Waals surface area contributed by atoms with Crippen LogP contribution in [0.1, 0.15) is 46.0 Å². The molecule has 0 atom stereocenters. The van der Waals surface area contributed by atoms with Crippen molar-refractivity contribution in [3.8, 4) is 0 Å². The number of benzene rings is 1. The summed E-state index contributed by atoms with van der Waals surface area (Å²) in [6.07, 6.45) is 5.15. The first-order valence-electron chi connectivity index (χ1n) is 7.42. The predicted octanol–water partition coefficient (Wildman–Crippen LogP) is 3.83. The van der Waals surface area contributed by atoms with Gasteiger partial charge in [-0.15, -0.1) is 0 Å². The zero-order chi connectivity index (χ0) is 14.8. The third-order valence-corrected chi connectivity index (χ3v) is 4.41. The second-order valence-electron chi connectivity index (χ2n) is 4.99. The highest BCUT2D eigenvalue weighted by molar-refractivity contribution is 7.92. The van der Waals surface area contributed by atoms with Gasteiger partial charge in [0.15, 0.2) is 0 Å². The molecule has 0 aliphatic rings. The van der Waals surface area contributed by atoms with Crippen molar-refractivity contribution < 1.29 is 8.42 Å². The molecule has 4 nitrogen and oxygen atoms in total. The summed E-state index contributed by atoms with van der Waals surface area (Å²) in [7, 11) is -3.20. The van der Waals surface area contributed by atoms with Gasteiger partial charge in [0.2, 0.25) is 10.0 Å². The average Bonchev–Trinajstić information content (AvgIpc) is 2.43. The summed E-state index contributed by atoms with van der Waals surface area (Å²) in [6, 6.07) is 7.41. The summed E-state index contributed by atoms with van der Waals surface area (Å²) in [5.74, 6) is 0.181. The van der Waals surface area contributed by atoms with E-state index in [1.807, 2.05) is 19.1 Å². The van der Waals surface area contributed by atoms with Crippen LogP contribution in [0.2, 0.25) is 0 Å². The molecule has 0 aromatic heterocycles. The Balaban J connectivity index is 2.46. The largest absolute Gasteiger partial charge is 0.385 e. The third-order valence-electron chi connectivity index (χ3n) is 3.03. The number of hydrogen-bond donors (Lipinski definition) is 2. The van der Waals surface area contributed by atoms with Crippen molar-refractivity contribution in [2.75, 3.05) is 22.3 Å². The lowest BCUT2D eigenvalue weighted by atomic mass is 10.2. The second kappa shape index (κ2) is 8.84. The van der Waals surface area contributed by atoms with Crippen LogP contribution in [0.4, 0.5) is 11.4 Å². The molecule has 0 fully saturated rings. The summed E-state index contributed by atoms with van der Waals surface area (Å²) in [5.41, 5.74) is 1.65. The fraction of sp³-hybridized carbons (Fsp3) is 0.600. The van der Waals surface area contributed by atoms with Gasteiger partial charge in [-0.2, -0.15) is 0 Å². The van der Waals surface area contributed by atoms with Crippen molar-refractivity contribution in [1.29, 1.82) is 0 Å². The van der Waals surface area contributed by atoms with Crippen LogP contribution in [0.25, 0.3) is 0 Å². The van der Waals surface area contributed by atoms with Crippen molar-refractivity contribution in [2.24, 2.45) is 0 Å². The van der Waals surface area contributed by atoms with Crippen molar-refractivity contribution in [1.82, 2.24) is 0 Å². The van der Waals surface area contributed by atoms with Crippen molar-refractivity contribution in [3.63, 3.8) is 0 Å². The van der Waals surface area contributed by atoms with E-state index < -0.39 is 10.0 Å². The molecule has 2 N–H and O–H groups in total. The van der Waals surface area contributed by atoms with Crippen LogP contribution in [0.5, 0.6) is 0 Å². The lowest BCUT2D eigenvalue weighted by Crippen LogP contribution is -2.16. The molecule has 0 aliphatic heterocycles. The van der Waals surface area contributed by atoms with E-state index >= 15 is 0 Å². The first-order chi connectivity index (χ1) is 9.57. The molecular weight excluding hydrogens is 272 g/mol. The number of unbranched alkanes of at least 4 members (excludes halogenated alkanes) is 3. The van der Waals surface area contributed by atoms with Crippen LogP contribution in [-0.2, 0) is 10.0 Å². The maximum Gasteiger partial charge on any atom is 0.232 e. The number of hydrogen-bond acceptors (Lipinski definition) is 3. The Hall–Kier alpha value is -1.23. The third kappa shape index (κ3) is 6.80. The standard InChI is InChI=1S/C15H26N2O2S/c1-3-5-7-12-16-14-8-10-15(11-9-14)17-20(18,19)13-6-4-2/h8-11,16-17H,3-7,12-13H2,1-2H3. The van der Waals surface area contributed by atoms with E-state index in [-0.39, 0.29) is 5.75 Å². The van der Waals surface area contributed by atoms with Crippen molar-refractivity contribution in [3.05, 3.63) is 24.3 Å². The Kier molecular flexibility index (Phi) is 7.44. The molecule has 5 heteroatoms. The minimum atomic E-state index is -3.20. The van der Waals surface area contributed by atoms with Crippen LogP contribution < -0.4 is 10.0 Å². The van der Waals surface area contributed by atoms with E-state index in [4.69, 9.17) is 0 Å². The molecule has 0 radical (unpaired) electrons. The smallest absolute Gasteiger partial charge is 0.232 e. The Bertz CT molecular complexity index is 469. The molecule has 0 aliphatic carbocycles. The summed E-state index contributed by atoms with van der Waals surface area (Å²) >= 11 is 0. The van der Waals surface area contributed by atoms with Crippen molar-refractivity contribution in [2.45, 2.75) is 46.0 Å². The van der Waals surface area contributed by atoms with Crippen LogP contribution in [-0.4, -0.2) is 20.7 Å². The van der Waals surface area contributed by atoms with E-state index in [1.54, 1.807) is 12.1 Å². The van der Waals surface area contributed by atoms with Gasteiger partial charge in [0.05, 0.1) is 5.75 Å². The maximum absolute atomic E-state index is 11.8. The van der Waals surface area contributed by atoms with E-state index in [2.05, 4.69) is 17.0 Å². The molecule has 0 spiro atoms. The van der Waals surface area contributed by atoms with Gasteiger partial charge in [0.25, 0.3) is 0 Å².